The second kappa shape index (κ2) is 7.87. The third kappa shape index (κ3) is 4.62. The summed E-state index contributed by atoms with van der Waals surface area (Å²) in [6.45, 7) is 0.183. The summed E-state index contributed by atoms with van der Waals surface area (Å²) in [5.74, 6) is -0.0817. The van der Waals surface area contributed by atoms with E-state index in [2.05, 4.69) is 10.5 Å². The second-order valence-electron chi connectivity index (χ2n) is 5.25. The van der Waals surface area contributed by atoms with Gasteiger partial charge in [0, 0.05) is 22.6 Å². The molecule has 0 aliphatic carbocycles. The Balaban J connectivity index is 1.54. The summed E-state index contributed by atoms with van der Waals surface area (Å²) in [7, 11) is 0. The molecule has 3 aromatic rings. The van der Waals surface area contributed by atoms with E-state index in [0.717, 1.165) is 16.0 Å². The number of carbonyl (C=O) groups excluding carboxylic acids is 1. The van der Waals surface area contributed by atoms with Crippen LogP contribution in [0.25, 0.3) is 17.3 Å². The molecule has 25 heavy (non-hydrogen) atoms. The maximum Gasteiger partial charge on any atom is 0.244 e. The van der Waals surface area contributed by atoms with Crippen LogP contribution in [0.4, 0.5) is 4.39 Å². The van der Waals surface area contributed by atoms with E-state index >= 15 is 0 Å². The SMILES string of the molecule is O=C(/C=C/c1cc(CO)cs1)NCc1cc(-c2ccc(F)cc2)no1. The van der Waals surface area contributed by atoms with Crippen molar-refractivity contribution in [1.82, 2.24) is 10.5 Å². The van der Waals surface area contributed by atoms with Crippen LogP contribution in [-0.4, -0.2) is 16.2 Å². The molecule has 0 aliphatic rings. The van der Waals surface area contributed by atoms with Gasteiger partial charge in [-0.25, -0.2) is 4.39 Å². The molecule has 0 aliphatic heterocycles. The molecule has 0 saturated heterocycles. The third-order valence-electron chi connectivity index (χ3n) is 3.39. The van der Waals surface area contributed by atoms with Gasteiger partial charge in [-0.15, -0.1) is 11.3 Å². The molecule has 5 nitrogen and oxygen atoms in total. The molecule has 0 atom stereocenters. The molecular formula is C18H15FN2O3S. The van der Waals surface area contributed by atoms with Crippen molar-refractivity contribution in [3.05, 3.63) is 69.9 Å². The summed E-state index contributed by atoms with van der Waals surface area (Å²) in [5, 5.41) is 17.5. The van der Waals surface area contributed by atoms with Crippen molar-refractivity contribution in [2.45, 2.75) is 13.2 Å². The zero-order valence-electron chi connectivity index (χ0n) is 13.1. The molecule has 128 valence electrons. The fourth-order valence-electron chi connectivity index (χ4n) is 2.11. The van der Waals surface area contributed by atoms with Gasteiger partial charge >= 0.3 is 0 Å². The van der Waals surface area contributed by atoms with Gasteiger partial charge in [0.15, 0.2) is 5.76 Å². The zero-order chi connectivity index (χ0) is 17.6. The van der Waals surface area contributed by atoms with Crippen molar-refractivity contribution in [2.24, 2.45) is 0 Å². The predicted molar refractivity (Wildman–Crippen MR) is 93.0 cm³/mol. The van der Waals surface area contributed by atoms with Gasteiger partial charge in [0.2, 0.25) is 5.91 Å². The number of thiophene rings is 1. The standard InChI is InChI=1S/C18H15FN2O3S/c19-14-3-1-13(2-4-14)17-8-15(24-21-17)9-20-18(23)6-5-16-7-12(10-22)11-25-16/h1-8,11,22H,9-10H2,(H,20,23)/b6-5+. The number of aromatic nitrogens is 1. The van der Waals surface area contributed by atoms with Crippen molar-refractivity contribution in [2.75, 3.05) is 0 Å². The molecule has 2 N–H and O–H groups in total. The van der Waals surface area contributed by atoms with Crippen LogP contribution in [0.2, 0.25) is 0 Å². The van der Waals surface area contributed by atoms with E-state index in [-0.39, 0.29) is 24.9 Å². The van der Waals surface area contributed by atoms with Crippen LogP contribution in [0.15, 0.2) is 52.4 Å². The Hall–Kier alpha value is -2.77. The smallest absolute Gasteiger partial charge is 0.244 e. The number of hydrogen-bond donors (Lipinski definition) is 2. The monoisotopic (exact) mass is 358 g/mol. The minimum atomic E-state index is -0.316. The minimum absolute atomic E-state index is 0.0155. The Morgan fingerprint density at radius 2 is 2.12 bits per heavy atom. The lowest BCUT2D eigenvalue weighted by atomic mass is 10.1. The van der Waals surface area contributed by atoms with Crippen molar-refractivity contribution >= 4 is 23.3 Å². The highest BCUT2D eigenvalue weighted by Gasteiger charge is 2.07. The van der Waals surface area contributed by atoms with E-state index in [1.165, 1.54) is 29.5 Å². The molecule has 0 radical (unpaired) electrons. The molecule has 2 heterocycles. The molecule has 1 aromatic carbocycles. The number of amides is 1. The summed E-state index contributed by atoms with van der Waals surface area (Å²) < 4.78 is 18.1. The number of rotatable bonds is 6. The van der Waals surface area contributed by atoms with Gasteiger partial charge in [0.05, 0.1) is 13.2 Å². The second-order valence-corrected chi connectivity index (χ2v) is 6.19. The summed E-state index contributed by atoms with van der Waals surface area (Å²) in [6, 6.07) is 9.44. The molecule has 0 unspecified atom stereocenters. The van der Waals surface area contributed by atoms with Gasteiger partial charge in [-0.1, -0.05) is 5.16 Å². The van der Waals surface area contributed by atoms with E-state index in [1.54, 1.807) is 24.3 Å². The van der Waals surface area contributed by atoms with Crippen molar-refractivity contribution < 1.29 is 18.8 Å². The highest BCUT2D eigenvalue weighted by molar-refractivity contribution is 7.11. The number of carbonyl (C=O) groups is 1. The molecule has 0 bridgehead atoms. The quantitative estimate of drug-likeness (QED) is 0.663. The first-order valence-electron chi connectivity index (χ1n) is 7.50. The maximum atomic E-state index is 12.9. The number of nitrogens with one attached hydrogen (secondary N) is 1. The first kappa shape index (κ1) is 17.1. The molecule has 1 amide bonds. The van der Waals surface area contributed by atoms with E-state index in [1.807, 2.05) is 11.4 Å². The van der Waals surface area contributed by atoms with Gasteiger partial charge in [-0.05, 0) is 47.4 Å². The van der Waals surface area contributed by atoms with Gasteiger partial charge in [0.1, 0.15) is 11.5 Å². The van der Waals surface area contributed by atoms with E-state index < -0.39 is 0 Å². The van der Waals surface area contributed by atoms with Gasteiger partial charge < -0.3 is 14.9 Å². The minimum Gasteiger partial charge on any atom is -0.392 e. The lowest BCUT2D eigenvalue weighted by Gasteiger charge is -1.97. The van der Waals surface area contributed by atoms with Crippen molar-refractivity contribution in [1.29, 1.82) is 0 Å². The molecule has 7 heteroatoms. The van der Waals surface area contributed by atoms with Gasteiger partial charge in [-0.3, -0.25) is 4.79 Å². The lowest BCUT2D eigenvalue weighted by molar-refractivity contribution is -0.116. The van der Waals surface area contributed by atoms with Crippen LogP contribution in [0, 0.1) is 5.82 Å². The average Bonchev–Trinajstić information content (AvgIpc) is 3.28. The van der Waals surface area contributed by atoms with E-state index in [4.69, 9.17) is 9.63 Å². The largest absolute Gasteiger partial charge is 0.392 e. The Kier molecular flexibility index (Phi) is 5.37. The first-order valence-corrected chi connectivity index (χ1v) is 8.38. The van der Waals surface area contributed by atoms with Crippen LogP contribution >= 0.6 is 11.3 Å². The van der Waals surface area contributed by atoms with Crippen LogP contribution < -0.4 is 5.32 Å². The van der Waals surface area contributed by atoms with Crippen LogP contribution in [0.5, 0.6) is 0 Å². The summed E-state index contributed by atoms with van der Waals surface area (Å²) in [4.78, 5) is 12.7. The topological polar surface area (TPSA) is 75.4 Å². The van der Waals surface area contributed by atoms with Crippen molar-refractivity contribution in [3.8, 4) is 11.3 Å². The van der Waals surface area contributed by atoms with Crippen molar-refractivity contribution in [3.63, 3.8) is 0 Å². The highest BCUT2D eigenvalue weighted by atomic mass is 32.1. The Labute approximate surface area is 147 Å². The third-order valence-corrected chi connectivity index (χ3v) is 4.34. The molecule has 0 saturated carbocycles. The molecule has 3 rings (SSSR count). The number of halogens is 1. The zero-order valence-corrected chi connectivity index (χ0v) is 13.9. The Bertz CT molecular complexity index is 884. The first-order chi connectivity index (χ1) is 12.1. The van der Waals surface area contributed by atoms with Gasteiger partial charge in [0.25, 0.3) is 0 Å². The molecule has 2 aromatic heterocycles. The Morgan fingerprint density at radius 1 is 1.32 bits per heavy atom. The van der Waals surface area contributed by atoms with E-state index in [0.29, 0.717) is 11.5 Å². The highest BCUT2D eigenvalue weighted by Crippen LogP contribution is 2.19. The number of aliphatic hydroxyl groups excluding tert-OH is 1. The summed E-state index contributed by atoms with van der Waals surface area (Å²) >= 11 is 1.45. The van der Waals surface area contributed by atoms with E-state index in [9.17, 15) is 9.18 Å². The van der Waals surface area contributed by atoms with Gasteiger partial charge in [-0.2, -0.15) is 0 Å². The fourth-order valence-corrected chi connectivity index (χ4v) is 2.90. The summed E-state index contributed by atoms with van der Waals surface area (Å²) in [6.07, 6.45) is 3.10. The molecule has 0 fully saturated rings. The molecular weight excluding hydrogens is 343 g/mol. The number of hydrogen-bond acceptors (Lipinski definition) is 5. The maximum absolute atomic E-state index is 12.9. The van der Waals surface area contributed by atoms with Crippen LogP contribution in [0.3, 0.4) is 0 Å². The predicted octanol–water partition coefficient (Wildman–Crippen LogP) is 3.36. The number of nitrogens with zero attached hydrogens (tertiary/aromatic N) is 1. The van der Waals surface area contributed by atoms with Crippen LogP contribution in [0.1, 0.15) is 16.2 Å². The Morgan fingerprint density at radius 3 is 2.84 bits per heavy atom. The van der Waals surface area contributed by atoms with Crippen LogP contribution in [-0.2, 0) is 17.9 Å². The lowest BCUT2D eigenvalue weighted by Crippen LogP contribution is -2.19. The number of benzene rings is 1. The average molecular weight is 358 g/mol. The number of aliphatic hydroxyl groups is 1. The normalized spacial score (nSPS) is 11.1. The molecule has 0 spiro atoms. The fraction of sp³-hybridized carbons (Fsp3) is 0.111. The summed E-state index contributed by atoms with van der Waals surface area (Å²) in [5.41, 5.74) is 2.13.